The van der Waals surface area contributed by atoms with Crippen LogP contribution in [0, 0.1) is 5.92 Å². The van der Waals surface area contributed by atoms with Crippen molar-refractivity contribution < 1.29 is 0 Å². The molecule has 0 aromatic carbocycles. The number of aromatic nitrogens is 2. The highest BCUT2D eigenvalue weighted by molar-refractivity contribution is 7.98. The van der Waals surface area contributed by atoms with Gasteiger partial charge in [0.1, 0.15) is 5.69 Å². The molecule has 0 spiro atoms. The first-order valence-electron chi connectivity index (χ1n) is 7.16. The summed E-state index contributed by atoms with van der Waals surface area (Å²) in [6, 6.07) is 0.259. The van der Waals surface area contributed by atoms with Gasteiger partial charge in [-0.2, -0.15) is 16.9 Å². The van der Waals surface area contributed by atoms with Gasteiger partial charge in [-0.25, -0.2) is 4.68 Å². The number of thioether (sulfide) groups is 1. The number of anilines is 1. The molecule has 1 saturated carbocycles. The van der Waals surface area contributed by atoms with Crippen molar-refractivity contribution in [1.29, 1.82) is 0 Å². The van der Waals surface area contributed by atoms with Gasteiger partial charge in [-0.1, -0.05) is 24.9 Å². The van der Waals surface area contributed by atoms with E-state index in [4.69, 9.17) is 11.6 Å². The van der Waals surface area contributed by atoms with Gasteiger partial charge in [-0.15, -0.1) is 0 Å². The molecule has 6 heteroatoms. The summed E-state index contributed by atoms with van der Waals surface area (Å²) in [5.41, 5.74) is 0.408. The lowest BCUT2D eigenvalue weighted by atomic mass is 9.85. The van der Waals surface area contributed by atoms with E-state index in [0.29, 0.717) is 23.2 Å². The van der Waals surface area contributed by atoms with Gasteiger partial charge in [-0.3, -0.25) is 4.79 Å². The molecule has 1 aromatic heterocycles. The van der Waals surface area contributed by atoms with Crippen LogP contribution in [-0.4, -0.2) is 27.8 Å². The van der Waals surface area contributed by atoms with Gasteiger partial charge in [0.15, 0.2) is 0 Å². The van der Waals surface area contributed by atoms with Crippen molar-refractivity contribution in [2.75, 3.05) is 17.3 Å². The molecule has 1 fully saturated rings. The minimum Gasteiger partial charge on any atom is -0.376 e. The van der Waals surface area contributed by atoms with E-state index >= 15 is 0 Å². The summed E-state index contributed by atoms with van der Waals surface area (Å²) in [5.74, 6) is 1.56. The van der Waals surface area contributed by atoms with E-state index in [-0.39, 0.29) is 11.6 Å². The summed E-state index contributed by atoms with van der Waals surface area (Å²) in [5, 5.41) is 7.87. The molecule has 1 N–H and O–H groups in total. The van der Waals surface area contributed by atoms with Crippen molar-refractivity contribution in [3.8, 4) is 0 Å². The van der Waals surface area contributed by atoms with Crippen LogP contribution in [0.5, 0.6) is 0 Å². The van der Waals surface area contributed by atoms with Crippen LogP contribution in [0.4, 0.5) is 5.69 Å². The van der Waals surface area contributed by atoms with Crippen molar-refractivity contribution in [2.24, 2.45) is 5.92 Å². The largest absolute Gasteiger partial charge is 0.376 e. The molecule has 4 nitrogen and oxygen atoms in total. The second kappa shape index (κ2) is 7.36. The molecule has 0 saturated heterocycles. The number of halogens is 1. The molecule has 2 rings (SSSR count). The second-order valence-electron chi connectivity index (χ2n) is 5.36. The number of rotatable bonds is 7. The monoisotopic (exact) mass is 315 g/mol. The summed E-state index contributed by atoms with van der Waals surface area (Å²) in [6.45, 7) is 2.82. The molecule has 112 valence electrons. The van der Waals surface area contributed by atoms with E-state index in [9.17, 15) is 4.79 Å². The Labute approximate surface area is 129 Å². The van der Waals surface area contributed by atoms with Gasteiger partial charge < -0.3 is 5.32 Å². The van der Waals surface area contributed by atoms with Gasteiger partial charge in [0, 0.05) is 18.3 Å². The molecule has 0 amide bonds. The quantitative estimate of drug-likeness (QED) is 0.839. The third-order valence-corrected chi connectivity index (χ3v) is 4.88. The minimum absolute atomic E-state index is 0.0936. The third-order valence-electron chi connectivity index (χ3n) is 3.86. The fourth-order valence-corrected chi connectivity index (χ4v) is 3.22. The average Bonchev–Trinajstić information content (AvgIpc) is 2.39. The Morgan fingerprint density at radius 3 is 2.90 bits per heavy atom. The Balaban J connectivity index is 2.17. The topological polar surface area (TPSA) is 46.9 Å². The summed E-state index contributed by atoms with van der Waals surface area (Å²) in [6.07, 6.45) is 8.27. The first kappa shape index (κ1) is 15.7. The van der Waals surface area contributed by atoms with Crippen LogP contribution in [0.25, 0.3) is 0 Å². The maximum Gasteiger partial charge on any atom is 0.291 e. The zero-order valence-electron chi connectivity index (χ0n) is 12.1. The van der Waals surface area contributed by atoms with E-state index in [2.05, 4.69) is 23.6 Å². The number of hydrogen-bond donors (Lipinski definition) is 1. The smallest absolute Gasteiger partial charge is 0.291 e. The number of nitrogens with zero attached hydrogens (tertiary/aromatic N) is 2. The molecule has 20 heavy (non-hydrogen) atoms. The molecule has 1 heterocycles. The Hall–Kier alpha value is -0.680. The van der Waals surface area contributed by atoms with E-state index in [1.807, 2.05) is 0 Å². The lowest BCUT2D eigenvalue weighted by Crippen LogP contribution is -2.33. The average molecular weight is 316 g/mol. The van der Waals surface area contributed by atoms with E-state index in [1.165, 1.54) is 19.3 Å². The highest BCUT2D eigenvalue weighted by Crippen LogP contribution is 2.27. The Morgan fingerprint density at radius 1 is 1.60 bits per heavy atom. The second-order valence-corrected chi connectivity index (χ2v) is 6.67. The van der Waals surface area contributed by atoms with Crippen molar-refractivity contribution in [1.82, 2.24) is 9.78 Å². The summed E-state index contributed by atoms with van der Waals surface area (Å²) in [7, 11) is 0. The van der Waals surface area contributed by atoms with Crippen molar-refractivity contribution in [3.05, 3.63) is 21.6 Å². The van der Waals surface area contributed by atoms with Crippen LogP contribution in [-0.2, 0) is 6.54 Å². The Kier molecular flexibility index (Phi) is 5.78. The highest BCUT2D eigenvalue weighted by Gasteiger charge is 2.20. The number of hydrogen-bond acceptors (Lipinski definition) is 4. The molecule has 1 aliphatic carbocycles. The van der Waals surface area contributed by atoms with Crippen molar-refractivity contribution in [3.63, 3.8) is 0 Å². The summed E-state index contributed by atoms with van der Waals surface area (Å²) in [4.78, 5) is 12.5. The lowest BCUT2D eigenvalue weighted by molar-refractivity contribution is 0.262. The van der Waals surface area contributed by atoms with Crippen LogP contribution in [0.3, 0.4) is 0 Å². The zero-order valence-corrected chi connectivity index (χ0v) is 13.6. The van der Waals surface area contributed by atoms with Crippen LogP contribution in [0.2, 0.25) is 5.02 Å². The van der Waals surface area contributed by atoms with Gasteiger partial charge in [0.05, 0.1) is 11.2 Å². The van der Waals surface area contributed by atoms with E-state index in [0.717, 1.165) is 12.2 Å². The lowest BCUT2D eigenvalue weighted by Gasteiger charge is -2.25. The van der Waals surface area contributed by atoms with Gasteiger partial charge in [0.25, 0.3) is 5.56 Å². The Bertz CT molecular complexity index is 502. The molecule has 1 atom stereocenters. The molecule has 0 bridgehead atoms. The van der Waals surface area contributed by atoms with Crippen LogP contribution >= 0.6 is 23.4 Å². The predicted octanol–water partition coefficient (Wildman–Crippen LogP) is 3.25. The van der Waals surface area contributed by atoms with Crippen LogP contribution in [0.1, 0.15) is 32.6 Å². The highest BCUT2D eigenvalue weighted by atomic mass is 35.5. The Morgan fingerprint density at radius 2 is 2.35 bits per heavy atom. The van der Waals surface area contributed by atoms with E-state index < -0.39 is 0 Å². The van der Waals surface area contributed by atoms with Crippen LogP contribution in [0.15, 0.2) is 11.0 Å². The van der Waals surface area contributed by atoms with Crippen molar-refractivity contribution in [2.45, 2.75) is 45.2 Å². The van der Waals surface area contributed by atoms with Crippen LogP contribution < -0.4 is 10.9 Å². The van der Waals surface area contributed by atoms with Crippen molar-refractivity contribution >= 4 is 29.1 Å². The zero-order chi connectivity index (χ0) is 14.5. The van der Waals surface area contributed by atoms with E-state index in [1.54, 1.807) is 22.6 Å². The molecular weight excluding hydrogens is 294 g/mol. The number of nitrogens with one attached hydrogen (secondary N) is 1. The molecule has 0 aliphatic heterocycles. The normalized spacial score (nSPS) is 16.8. The molecule has 0 radical (unpaired) electrons. The molecule has 1 unspecified atom stereocenters. The fraction of sp³-hybridized carbons (Fsp3) is 0.714. The first-order chi connectivity index (χ1) is 9.65. The fourth-order valence-electron chi connectivity index (χ4n) is 2.32. The first-order valence-corrected chi connectivity index (χ1v) is 8.94. The molecular formula is C14H22ClN3OS. The maximum absolute atomic E-state index is 12.5. The minimum atomic E-state index is -0.0936. The van der Waals surface area contributed by atoms with Gasteiger partial charge in [0.2, 0.25) is 0 Å². The SMILES string of the molecule is CCC(CSC)Nc1c(Cl)cnn(CC2CCC2)c1=O. The van der Waals surface area contributed by atoms with Gasteiger partial charge >= 0.3 is 0 Å². The summed E-state index contributed by atoms with van der Waals surface area (Å²) >= 11 is 7.90. The summed E-state index contributed by atoms with van der Waals surface area (Å²) < 4.78 is 1.56. The molecule has 1 aliphatic rings. The maximum atomic E-state index is 12.5. The standard InChI is InChI=1S/C14H22ClN3OS/c1-3-11(9-20-2)17-13-12(15)7-16-18(14(13)19)8-10-5-4-6-10/h7,10-11,17H,3-6,8-9H2,1-2H3. The van der Waals surface area contributed by atoms with Gasteiger partial charge in [-0.05, 0) is 31.4 Å². The molecule has 1 aromatic rings. The third kappa shape index (κ3) is 3.70. The predicted molar refractivity (Wildman–Crippen MR) is 86.9 cm³/mol.